The first kappa shape index (κ1) is 19.6. The molecular formula is C21H19FN4O4. The molecule has 0 unspecified atom stereocenters. The van der Waals surface area contributed by atoms with Crippen molar-refractivity contribution in [3.05, 3.63) is 77.2 Å². The van der Waals surface area contributed by atoms with Crippen LogP contribution in [0.5, 0.6) is 11.5 Å². The first-order valence-electron chi connectivity index (χ1n) is 9.19. The van der Waals surface area contributed by atoms with Gasteiger partial charge in [0.15, 0.2) is 5.65 Å². The number of aliphatic hydroxyl groups is 1. The van der Waals surface area contributed by atoms with Crippen LogP contribution in [0, 0.1) is 5.82 Å². The minimum Gasteiger partial charge on any atom is -0.497 e. The number of rotatable bonds is 7. The Morgan fingerprint density at radius 3 is 2.50 bits per heavy atom. The summed E-state index contributed by atoms with van der Waals surface area (Å²) in [6.07, 6.45) is 1.84. The normalized spacial score (nSPS) is 12.1. The summed E-state index contributed by atoms with van der Waals surface area (Å²) in [6.45, 7) is 0.0192. The third kappa shape index (κ3) is 4.01. The monoisotopic (exact) mass is 410 g/mol. The summed E-state index contributed by atoms with van der Waals surface area (Å²) < 4.78 is 26.6. The third-order valence-corrected chi connectivity index (χ3v) is 4.53. The fourth-order valence-electron chi connectivity index (χ4n) is 2.99. The summed E-state index contributed by atoms with van der Waals surface area (Å²) in [6, 6.07) is 12.7. The van der Waals surface area contributed by atoms with Gasteiger partial charge in [0.2, 0.25) is 0 Å². The van der Waals surface area contributed by atoms with Gasteiger partial charge in [0, 0.05) is 0 Å². The van der Waals surface area contributed by atoms with E-state index in [-0.39, 0.29) is 24.5 Å². The Hall–Kier alpha value is -3.72. The molecule has 4 aromatic rings. The average molecular weight is 410 g/mol. The van der Waals surface area contributed by atoms with Crippen LogP contribution in [0.25, 0.3) is 16.7 Å². The summed E-state index contributed by atoms with van der Waals surface area (Å²) in [5.41, 5.74) is 0.604. The van der Waals surface area contributed by atoms with Gasteiger partial charge in [-0.3, -0.25) is 9.36 Å². The van der Waals surface area contributed by atoms with Crippen molar-refractivity contribution in [3.8, 4) is 17.2 Å². The number of benzene rings is 2. The molecule has 0 radical (unpaired) electrons. The summed E-state index contributed by atoms with van der Waals surface area (Å²) in [7, 11) is 1.57. The van der Waals surface area contributed by atoms with Crippen LogP contribution in [0.15, 0.2) is 65.8 Å². The number of hydrogen-bond acceptors (Lipinski definition) is 6. The summed E-state index contributed by atoms with van der Waals surface area (Å²) in [4.78, 5) is 17.0. The van der Waals surface area contributed by atoms with Gasteiger partial charge < -0.3 is 14.6 Å². The standard InChI is InChI=1S/C21H19FN4O4/c1-29-17-6-8-18(9-7-17)30-12-16(27)11-25-13-23-20-19(21(25)28)10-24-26(20)15-4-2-14(22)3-5-15/h2-10,13,16,27H,11-12H2,1H3/t16-/m1/s1. The molecule has 9 heteroatoms. The highest BCUT2D eigenvalue weighted by Gasteiger charge is 2.14. The van der Waals surface area contributed by atoms with Crippen LogP contribution in [0.1, 0.15) is 0 Å². The van der Waals surface area contributed by atoms with Crippen LogP contribution in [0.4, 0.5) is 4.39 Å². The van der Waals surface area contributed by atoms with Crippen LogP contribution >= 0.6 is 0 Å². The number of nitrogens with zero attached hydrogens (tertiary/aromatic N) is 4. The number of hydrogen-bond donors (Lipinski definition) is 1. The van der Waals surface area contributed by atoms with Gasteiger partial charge in [0.1, 0.15) is 41.7 Å². The zero-order chi connectivity index (χ0) is 21.1. The van der Waals surface area contributed by atoms with Gasteiger partial charge >= 0.3 is 0 Å². The highest BCUT2D eigenvalue weighted by atomic mass is 19.1. The van der Waals surface area contributed by atoms with E-state index in [0.717, 1.165) is 0 Å². The Kier molecular flexibility index (Phi) is 5.44. The molecule has 2 heterocycles. The van der Waals surface area contributed by atoms with Crippen molar-refractivity contribution in [2.45, 2.75) is 12.6 Å². The second-order valence-corrected chi connectivity index (χ2v) is 6.61. The maximum Gasteiger partial charge on any atom is 0.264 e. The van der Waals surface area contributed by atoms with Gasteiger partial charge in [-0.15, -0.1) is 0 Å². The molecule has 1 atom stereocenters. The first-order valence-corrected chi connectivity index (χ1v) is 9.19. The average Bonchev–Trinajstić information content (AvgIpc) is 3.20. The van der Waals surface area contributed by atoms with Gasteiger partial charge in [0.05, 0.1) is 25.5 Å². The molecule has 2 aromatic heterocycles. The van der Waals surface area contributed by atoms with Crippen molar-refractivity contribution in [1.29, 1.82) is 0 Å². The van der Waals surface area contributed by atoms with Gasteiger partial charge in [-0.05, 0) is 48.5 Å². The molecule has 0 saturated carbocycles. The van der Waals surface area contributed by atoms with E-state index >= 15 is 0 Å². The fourth-order valence-corrected chi connectivity index (χ4v) is 2.99. The molecule has 154 valence electrons. The first-order chi connectivity index (χ1) is 14.5. The summed E-state index contributed by atoms with van der Waals surface area (Å²) in [5, 5.41) is 14.8. The molecule has 2 aromatic carbocycles. The van der Waals surface area contributed by atoms with Crippen molar-refractivity contribution in [2.75, 3.05) is 13.7 Å². The molecule has 0 bridgehead atoms. The lowest BCUT2D eigenvalue weighted by atomic mass is 10.3. The van der Waals surface area contributed by atoms with Crippen molar-refractivity contribution in [3.63, 3.8) is 0 Å². The van der Waals surface area contributed by atoms with Crippen LogP contribution in [-0.2, 0) is 6.54 Å². The summed E-state index contributed by atoms with van der Waals surface area (Å²) in [5.74, 6) is 0.919. The number of methoxy groups -OCH3 is 1. The zero-order valence-electron chi connectivity index (χ0n) is 16.1. The van der Waals surface area contributed by atoms with Crippen molar-refractivity contribution < 1.29 is 19.0 Å². The van der Waals surface area contributed by atoms with Crippen LogP contribution in [0.3, 0.4) is 0 Å². The number of ether oxygens (including phenoxy) is 2. The highest BCUT2D eigenvalue weighted by molar-refractivity contribution is 5.74. The molecule has 0 spiro atoms. The maximum atomic E-state index is 13.1. The maximum absolute atomic E-state index is 13.1. The molecule has 0 aliphatic rings. The molecule has 0 fully saturated rings. The smallest absolute Gasteiger partial charge is 0.264 e. The van der Waals surface area contributed by atoms with E-state index in [1.165, 1.54) is 33.9 Å². The molecule has 1 N–H and O–H groups in total. The Morgan fingerprint density at radius 1 is 1.10 bits per heavy atom. The number of aromatic nitrogens is 4. The number of aliphatic hydroxyl groups excluding tert-OH is 1. The van der Waals surface area contributed by atoms with E-state index < -0.39 is 6.10 Å². The Bertz CT molecular complexity index is 1200. The molecule has 4 rings (SSSR count). The predicted molar refractivity (Wildman–Crippen MR) is 108 cm³/mol. The van der Waals surface area contributed by atoms with Crippen LogP contribution in [-0.4, -0.2) is 44.3 Å². The van der Waals surface area contributed by atoms with Crippen LogP contribution in [0.2, 0.25) is 0 Å². The summed E-state index contributed by atoms with van der Waals surface area (Å²) >= 11 is 0. The highest BCUT2D eigenvalue weighted by Crippen LogP contribution is 2.17. The minimum absolute atomic E-state index is 0.00560. The molecule has 30 heavy (non-hydrogen) atoms. The molecule has 0 amide bonds. The van der Waals surface area contributed by atoms with E-state index in [9.17, 15) is 14.3 Å². The van der Waals surface area contributed by atoms with Gasteiger partial charge in [0.25, 0.3) is 5.56 Å². The molecular weight excluding hydrogens is 391 g/mol. The molecule has 0 aliphatic carbocycles. The predicted octanol–water partition coefficient (Wildman–Crippen LogP) is 2.17. The fraction of sp³-hybridized carbons (Fsp3) is 0.190. The van der Waals surface area contributed by atoms with Gasteiger partial charge in [-0.1, -0.05) is 0 Å². The molecule has 8 nitrogen and oxygen atoms in total. The zero-order valence-corrected chi connectivity index (χ0v) is 16.1. The van der Waals surface area contributed by atoms with E-state index in [1.54, 1.807) is 43.5 Å². The van der Waals surface area contributed by atoms with Crippen LogP contribution < -0.4 is 15.0 Å². The lowest BCUT2D eigenvalue weighted by Gasteiger charge is -2.14. The second-order valence-electron chi connectivity index (χ2n) is 6.61. The minimum atomic E-state index is -0.920. The SMILES string of the molecule is COc1ccc(OC[C@H](O)Cn2cnc3c(cnn3-c3ccc(F)cc3)c2=O)cc1. The van der Waals surface area contributed by atoms with Gasteiger partial charge in [-0.25, -0.2) is 14.1 Å². The number of fused-ring (bicyclic) bond motifs is 1. The second kappa shape index (κ2) is 8.34. The van der Waals surface area contributed by atoms with E-state index in [2.05, 4.69) is 10.1 Å². The topological polar surface area (TPSA) is 91.4 Å². The van der Waals surface area contributed by atoms with Crippen molar-refractivity contribution in [2.24, 2.45) is 0 Å². The lowest BCUT2D eigenvalue weighted by molar-refractivity contribution is 0.0914. The molecule has 0 saturated heterocycles. The van der Waals surface area contributed by atoms with E-state index in [4.69, 9.17) is 9.47 Å². The Labute approximate surface area is 170 Å². The third-order valence-electron chi connectivity index (χ3n) is 4.53. The van der Waals surface area contributed by atoms with E-state index in [1.807, 2.05) is 0 Å². The van der Waals surface area contributed by atoms with Crippen molar-refractivity contribution >= 4 is 11.0 Å². The quantitative estimate of drug-likeness (QED) is 0.502. The van der Waals surface area contributed by atoms with E-state index in [0.29, 0.717) is 28.2 Å². The Morgan fingerprint density at radius 2 is 1.80 bits per heavy atom. The Balaban J connectivity index is 1.48. The number of halogens is 1. The van der Waals surface area contributed by atoms with Gasteiger partial charge in [-0.2, -0.15) is 5.10 Å². The largest absolute Gasteiger partial charge is 0.497 e. The molecule has 0 aliphatic heterocycles. The van der Waals surface area contributed by atoms with Crippen molar-refractivity contribution in [1.82, 2.24) is 19.3 Å². The lowest BCUT2D eigenvalue weighted by Crippen LogP contribution is -2.30.